The molecule has 5 rings (SSSR count). The van der Waals surface area contributed by atoms with Crippen LogP contribution < -0.4 is 20.1 Å². The topological polar surface area (TPSA) is 111 Å². The number of fused-ring (bicyclic) bond motifs is 1. The number of ether oxygens (including phenoxy) is 2. The van der Waals surface area contributed by atoms with Crippen LogP contribution in [0.4, 0.5) is 11.6 Å². The molecule has 0 spiro atoms. The first-order chi connectivity index (χ1) is 17.5. The fourth-order valence-electron chi connectivity index (χ4n) is 4.21. The molecule has 9 nitrogen and oxygen atoms in total. The monoisotopic (exact) mass is 483 g/mol. The van der Waals surface area contributed by atoms with Gasteiger partial charge < -0.3 is 25.2 Å². The summed E-state index contributed by atoms with van der Waals surface area (Å²) in [5, 5.41) is 20.8. The first-order valence-electron chi connectivity index (χ1n) is 11.3. The van der Waals surface area contributed by atoms with Gasteiger partial charge in [0.2, 0.25) is 5.95 Å². The number of methoxy groups -OCH3 is 2. The molecule has 2 heterocycles. The van der Waals surface area contributed by atoms with Gasteiger partial charge in [0.05, 0.1) is 25.5 Å². The largest absolute Gasteiger partial charge is 0.508 e. The van der Waals surface area contributed by atoms with Crippen molar-refractivity contribution in [3.05, 3.63) is 89.6 Å². The number of nitrogens with one attached hydrogen (secondary N) is 2. The van der Waals surface area contributed by atoms with E-state index in [1.165, 1.54) is 0 Å². The molecule has 1 atom stereocenters. The highest BCUT2D eigenvalue weighted by Gasteiger charge is 2.34. The van der Waals surface area contributed by atoms with Gasteiger partial charge in [-0.3, -0.25) is 4.79 Å². The van der Waals surface area contributed by atoms with E-state index in [0.717, 1.165) is 16.9 Å². The molecule has 4 aromatic rings. The van der Waals surface area contributed by atoms with Gasteiger partial charge in [0.25, 0.3) is 5.91 Å². The van der Waals surface area contributed by atoms with E-state index in [4.69, 9.17) is 19.6 Å². The lowest BCUT2D eigenvalue weighted by Crippen LogP contribution is -2.31. The average Bonchev–Trinajstić information content (AvgIpc) is 3.32. The zero-order chi connectivity index (χ0) is 25.2. The van der Waals surface area contributed by atoms with Crippen molar-refractivity contribution in [1.29, 1.82) is 0 Å². The molecule has 0 fully saturated rings. The van der Waals surface area contributed by atoms with Crippen LogP contribution in [-0.2, 0) is 4.79 Å². The van der Waals surface area contributed by atoms with E-state index < -0.39 is 6.04 Å². The Morgan fingerprint density at radius 1 is 1.00 bits per heavy atom. The van der Waals surface area contributed by atoms with Crippen LogP contribution in [0.25, 0.3) is 11.4 Å². The highest BCUT2D eigenvalue weighted by molar-refractivity contribution is 6.06. The minimum atomic E-state index is -0.587. The number of para-hydroxylation sites is 2. The van der Waals surface area contributed by atoms with Crippen molar-refractivity contribution >= 4 is 17.5 Å². The van der Waals surface area contributed by atoms with Gasteiger partial charge in [-0.25, -0.2) is 4.68 Å². The SMILES string of the molecule is COc1ccc(-c2nc3n(n2)[C@H](c2ccc(O)cc2)C(C(=O)Nc2ccccc2OC)=C(C)N3)cc1. The Morgan fingerprint density at radius 3 is 2.42 bits per heavy atom. The molecule has 9 heteroatoms. The van der Waals surface area contributed by atoms with Crippen LogP contribution in [0.2, 0.25) is 0 Å². The Kier molecular flexibility index (Phi) is 6.03. The van der Waals surface area contributed by atoms with E-state index in [0.29, 0.717) is 34.5 Å². The number of anilines is 2. The summed E-state index contributed by atoms with van der Waals surface area (Å²) in [7, 11) is 3.17. The second-order valence-corrected chi connectivity index (χ2v) is 8.24. The molecule has 0 saturated carbocycles. The summed E-state index contributed by atoms with van der Waals surface area (Å²) >= 11 is 0. The first-order valence-corrected chi connectivity index (χ1v) is 11.3. The van der Waals surface area contributed by atoms with Crippen molar-refractivity contribution in [2.75, 3.05) is 24.9 Å². The van der Waals surface area contributed by atoms with Gasteiger partial charge in [0.15, 0.2) is 5.82 Å². The fraction of sp³-hybridized carbons (Fsp3) is 0.148. The molecule has 1 amide bonds. The molecule has 0 bridgehead atoms. The lowest BCUT2D eigenvalue weighted by molar-refractivity contribution is -0.113. The maximum atomic E-state index is 13.7. The fourth-order valence-corrected chi connectivity index (χ4v) is 4.21. The maximum absolute atomic E-state index is 13.7. The molecule has 0 unspecified atom stereocenters. The highest BCUT2D eigenvalue weighted by Crippen LogP contribution is 2.38. The summed E-state index contributed by atoms with van der Waals surface area (Å²) in [6.45, 7) is 1.83. The second kappa shape index (κ2) is 9.46. The van der Waals surface area contributed by atoms with E-state index in [1.807, 2.05) is 43.3 Å². The molecule has 1 aliphatic rings. The third-order valence-electron chi connectivity index (χ3n) is 6.01. The number of phenolic OH excluding ortho intramolecular Hbond substituents is 1. The number of rotatable bonds is 6. The lowest BCUT2D eigenvalue weighted by atomic mass is 9.95. The standard InChI is InChI=1S/C27H25N5O4/c1-16-23(26(34)29-21-6-4-5-7-22(21)36-3)24(17-8-12-19(33)13-9-17)32-27(28-16)30-25(31-32)18-10-14-20(35-2)15-11-18/h4-15,24,33H,1-3H3,(H,29,34)(H,28,30,31)/t24-/m1/s1. The molecule has 182 valence electrons. The van der Waals surface area contributed by atoms with Crippen molar-refractivity contribution in [3.8, 4) is 28.6 Å². The van der Waals surface area contributed by atoms with Gasteiger partial charge in [-0.05, 0) is 61.0 Å². The number of nitrogens with zero attached hydrogens (tertiary/aromatic N) is 3. The molecular weight excluding hydrogens is 458 g/mol. The third kappa shape index (κ3) is 4.22. The van der Waals surface area contributed by atoms with Gasteiger partial charge in [0.1, 0.15) is 23.3 Å². The third-order valence-corrected chi connectivity index (χ3v) is 6.01. The number of benzene rings is 3. The minimum absolute atomic E-state index is 0.131. The summed E-state index contributed by atoms with van der Waals surface area (Å²) in [6.07, 6.45) is 0. The lowest BCUT2D eigenvalue weighted by Gasteiger charge is -2.28. The summed E-state index contributed by atoms with van der Waals surface area (Å²) in [5.74, 6) is 2.11. The van der Waals surface area contributed by atoms with Crippen LogP contribution >= 0.6 is 0 Å². The van der Waals surface area contributed by atoms with Crippen LogP contribution in [0.15, 0.2) is 84.1 Å². The quantitative estimate of drug-likeness (QED) is 0.368. The zero-order valence-corrected chi connectivity index (χ0v) is 20.0. The summed E-state index contributed by atoms with van der Waals surface area (Å²) < 4.78 is 12.3. The van der Waals surface area contributed by atoms with E-state index in [1.54, 1.807) is 55.3 Å². The maximum Gasteiger partial charge on any atom is 0.255 e. The van der Waals surface area contributed by atoms with Gasteiger partial charge in [0, 0.05) is 11.3 Å². The number of carbonyl (C=O) groups excluding carboxylic acids is 1. The molecule has 1 aliphatic heterocycles. The Morgan fingerprint density at radius 2 is 1.72 bits per heavy atom. The molecule has 0 radical (unpaired) electrons. The van der Waals surface area contributed by atoms with Gasteiger partial charge >= 0.3 is 0 Å². The van der Waals surface area contributed by atoms with Gasteiger partial charge in [-0.15, -0.1) is 5.10 Å². The van der Waals surface area contributed by atoms with Crippen molar-refractivity contribution in [1.82, 2.24) is 14.8 Å². The highest BCUT2D eigenvalue weighted by atomic mass is 16.5. The first kappa shape index (κ1) is 23.0. The summed E-state index contributed by atoms with van der Waals surface area (Å²) in [5.41, 5.74) is 3.23. The normalized spacial score (nSPS) is 14.6. The van der Waals surface area contributed by atoms with Crippen molar-refractivity contribution < 1.29 is 19.4 Å². The Bertz CT molecular complexity index is 1440. The number of phenols is 1. The van der Waals surface area contributed by atoms with E-state index in [2.05, 4.69) is 10.6 Å². The van der Waals surface area contributed by atoms with Crippen molar-refractivity contribution in [3.63, 3.8) is 0 Å². The molecular formula is C27H25N5O4. The summed E-state index contributed by atoms with van der Waals surface area (Å²) in [6, 6.07) is 20.8. The van der Waals surface area contributed by atoms with Crippen LogP contribution in [-0.4, -0.2) is 40.0 Å². The second-order valence-electron chi connectivity index (χ2n) is 8.24. The zero-order valence-electron chi connectivity index (χ0n) is 20.0. The number of carbonyl (C=O) groups is 1. The van der Waals surface area contributed by atoms with E-state index in [-0.39, 0.29) is 11.7 Å². The Labute approximate surface area is 208 Å². The predicted octanol–water partition coefficient (Wildman–Crippen LogP) is 4.60. The van der Waals surface area contributed by atoms with Crippen molar-refractivity contribution in [2.45, 2.75) is 13.0 Å². The number of aromatic hydroxyl groups is 1. The smallest absolute Gasteiger partial charge is 0.255 e. The van der Waals surface area contributed by atoms with Crippen LogP contribution in [0.1, 0.15) is 18.5 Å². The van der Waals surface area contributed by atoms with Gasteiger partial charge in [-0.1, -0.05) is 24.3 Å². The molecule has 3 N–H and O–H groups in total. The number of hydrogen-bond acceptors (Lipinski definition) is 7. The number of aromatic nitrogens is 3. The number of hydrogen-bond donors (Lipinski definition) is 3. The van der Waals surface area contributed by atoms with Crippen LogP contribution in [0, 0.1) is 0 Å². The van der Waals surface area contributed by atoms with Crippen LogP contribution in [0.5, 0.6) is 17.2 Å². The summed E-state index contributed by atoms with van der Waals surface area (Å²) in [4.78, 5) is 18.4. The molecule has 3 aromatic carbocycles. The van der Waals surface area contributed by atoms with E-state index >= 15 is 0 Å². The molecule has 0 aliphatic carbocycles. The van der Waals surface area contributed by atoms with Crippen LogP contribution in [0.3, 0.4) is 0 Å². The predicted molar refractivity (Wildman–Crippen MR) is 136 cm³/mol. The Balaban J connectivity index is 1.58. The van der Waals surface area contributed by atoms with E-state index in [9.17, 15) is 9.90 Å². The molecule has 0 saturated heterocycles. The molecule has 36 heavy (non-hydrogen) atoms. The Hall–Kier alpha value is -4.79. The number of amides is 1. The number of allylic oxidation sites excluding steroid dienone is 1. The average molecular weight is 484 g/mol. The minimum Gasteiger partial charge on any atom is -0.508 e. The molecule has 1 aromatic heterocycles. The van der Waals surface area contributed by atoms with Gasteiger partial charge in [-0.2, -0.15) is 4.98 Å². The van der Waals surface area contributed by atoms with Crippen molar-refractivity contribution in [2.24, 2.45) is 0 Å².